The molecule has 5 heteroatoms. The predicted octanol–water partition coefficient (Wildman–Crippen LogP) is 2.03. The summed E-state index contributed by atoms with van der Waals surface area (Å²) in [6.45, 7) is 0.729. The number of aliphatic hydroxyl groups excluding tert-OH is 1. The highest BCUT2D eigenvalue weighted by molar-refractivity contribution is 5.93. The molecule has 1 aromatic carbocycles. The highest BCUT2D eigenvalue weighted by atomic mass is 16.3. The zero-order valence-electron chi connectivity index (χ0n) is 12.0. The molecule has 112 valence electrons. The van der Waals surface area contributed by atoms with Gasteiger partial charge in [0, 0.05) is 26.3 Å². The molecule has 1 N–H and O–H groups in total. The minimum absolute atomic E-state index is 0.0587. The van der Waals surface area contributed by atoms with Crippen LogP contribution in [0, 0.1) is 0 Å². The monoisotopic (exact) mass is 289 g/mol. The number of hydrogen-bond donors (Lipinski definition) is 1. The Morgan fingerprint density at radius 3 is 2.76 bits per heavy atom. The first-order valence-corrected chi connectivity index (χ1v) is 7.02. The van der Waals surface area contributed by atoms with E-state index in [1.807, 2.05) is 0 Å². The first-order valence-electron chi connectivity index (χ1n) is 7.02. The van der Waals surface area contributed by atoms with E-state index in [1.54, 1.807) is 31.3 Å². The number of carbonyl (C=O) groups excluding carboxylic acids is 1. The van der Waals surface area contributed by atoms with Gasteiger partial charge in [0.15, 0.2) is 11.2 Å². The molecule has 0 unspecified atom stereocenters. The third-order valence-electron chi connectivity index (χ3n) is 3.34. The lowest BCUT2D eigenvalue weighted by atomic mass is 10.2. The molecule has 1 heterocycles. The second-order valence-corrected chi connectivity index (χ2v) is 4.98. The average molecular weight is 289 g/mol. The van der Waals surface area contributed by atoms with Crippen molar-refractivity contribution in [3.05, 3.63) is 46.3 Å². The number of fused-ring (bicyclic) bond motifs is 1. The molecule has 2 aromatic rings. The highest BCUT2D eigenvalue weighted by Crippen LogP contribution is 2.13. The third kappa shape index (κ3) is 3.70. The van der Waals surface area contributed by atoms with Crippen LogP contribution in [-0.4, -0.2) is 36.1 Å². The van der Waals surface area contributed by atoms with Gasteiger partial charge in [0.2, 0.25) is 0 Å². The van der Waals surface area contributed by atoms with Gasteiger partial charge in [-0.25, -0.2) is 0 Å². The normalized spacial score (nSPS) is 10.8. The van der Waals surface area contributed by atoms with Crippen LogP contribution in [-0.2, 0) is 0 Å². The van der Waals surface area contributed by atoms with Gasteiger partial charge in [-0.15, -0.1) is 0 Å². The lowest BCUT2D eigenvalue weighted by Gasteiger charge is -2.16. The molecule has 1 aromatic heterocycles. The van der Waals surface area contributed by atoms with E-state index in [0.29, 0.717) is 17.5 Å². The summed E-state index contributed by atoms with van der Waals surface area (Å²) in [5.74, 6) is -0.245. The summed E-state index contributed by atoms with van der Waals surface area (Å²) >= 11 is 0. The number of rotatable bonds is 6. The van der Waals surface area contributed by atoms with Crippen molar-refractivity contribution in [2.24, 2.45) is 0 Å². The zero-order chi connectivity index (χ0) is 15.2. The Hall–Kier alpha value is -2.14. The van der Waals surface area contributed by atoms with Crippen molar-refractivity contribution < 1.29 is 14.3 Å². The maximum absolute atomic E-state index is 12.2. The van der Waals surface area contributed by atoms with Crippen LogP contribution < -0.4 is 5.43 Å². The molecule has 1 amide bonds. The second-order valence-electron chi connectivity index (χ2n) is 4.98. The number of para-hydroxylation sites is 1. The molecule has 5 nitrogen and oxygen atoms in total. The zero-order valence-corrected chi connectivity index (χ0v) is 12.0. The molecule has 0 aliphatic carbocycles. The van der Waals surface area contributed by atoms with E-state index < -0.39 is 0 Å². The fraction of sp³-hybridized carbons (Fsp3) is 0.375. The molecule has 0 saturated carbocycles. The van der Waals surface area contributed by atoms with Gasteiger partial charge in [-0.2, -0.15) is 0 Å². The standard InChI is InChI=1S/C16H19NO4/c1-17(9-5-2-6-10-18)16(20)15-11-13(19)12-7-3-4-8-14(12)21-15/h3-4,7-8,11,18H,2,5-6,9-10H2,1H3. The van der Waals surface area contributed by atoms with Gasteiger partial charge < -0.3 is 14.4 Å². The highest BCUT2D eigenvalue weighted by Gasteiger charge is 2.16. The number of unbranched alkanes of at least 4 members (excludes halogenated alkanes) is 2. The van der Waals surface area contributed by atoms with Crippen LogP contribution in [0.2, 0.25) is 0 Å². The summed E-state index contributed by atoms with van der Waals surface area (Å²) in [5, 5.41) is 9.19. The van der Waals surface area contributed by atoms with Crippen molar-refractivity contribution in [2.75, 3.05) is 20.2 Å². The van der Waals surface area contributed by atoms with E-state index in [4.69, 9.17) is 9.52 Å². The molecule has 21 heavy (non-hydrogen) atoms. The number of aliphatic hydroxyl groups is 1. The summed E-state index contributed by atoms with van der Waals surface area (Å²) in [4.78, 5) is 25.7. The first-order chi connectivity index (χ1) is 10.1. The van der Waals surface area contributed by atoms with Crippen molar-refractivity contribution in [3.63, 3.8) is 0 Å². The minimum Gasteiger partial charge on any atom is -0.451 e. The number of hydrogen-bond acceptors (Lipinski definition) is 4. The number of amides is 1. The summed E-state index contributed by atoms with van der Waals surface area (Å²) in [6, 6.07) is 8.11. The molecule has 0 bridgehead atoms. The Kier molecular flexibility index (Phi) is 5.11. The first kappa shape index (κ1) is 15.3. The van der Waals surface area contributed by atoms with Crippen molar-refractivity contribution in [1.82, 2.24) is 4.90 Å². The van der Waals surface area contributed by atoms with Gasteiger partial charge >= 0.3 is 0 Å². The van der Waals surface area contributed by atoms with Gasteiger partial charge in [-0.1, -0.05) is 12.1 Å². The molecular formula is C16H19NO4. The fourth-order valence-corrected chi connectivity index (χ4v) is 2.14. The van der Waals surface area contributed by atoms with Crippen LogP contribution >= 0.6 is 0 Å². The summed E-state index contributed by atoms with van der Waals surface area (Å²) in [5.41, 5.74) is 0.205. The van der Waals surface area contributed by atoms with E-state index in [9.17, 15) is 9.59 Å². The van der Waals surface area contributed by atoms with Gasteiger partial charge in [0.05, 0.1) is 5.39 Å². The van der Waals surface area contributed by atoms with Crippen LogP contribution in [0.4, 0.5) is 0 Å². The molecule has 0 aliphatic heterocycles. The quantitative estimate of drug-likeness (QED) is 0.826. The van der Waals surface area contributed by atoms with Crippen LogP contribution in [0.1, 0.15) is 29.8 Å². The Labute approximate surface area is 122 Å². The Morgan fingerprint density at radius 2 is 2.00 bits per heavy atom. The Balaban J connectivity index is 2.14. The smallest absolute Gasteiger partial charge is 0.289 e. The Morgan fingerprint density at radius 1 is 1.24 bits per heavy atom. The molecule has 0 fully saturated rings. The average Bonchev–Trinajstić information content (AvgIpc) is 2.50. The predicted molar refractivity (Wildman–Crippen MR) is 80.4 cm³/mol. The number of carbonyl (C=O) groups is 1. The maximum Gasteiger partial charge on any atom is 0.289 e. The molecule has 0 atom stereocenters. The van der Waals surface area contributed by atoms with Crippen molar-refractivity contribution >= 4 is 16.9 Å². The fourth-order valence-electron chi connectivity index (χ4n) is 2.14. The summed E-state index contributed by atoms with van der Waals surface area (Å²) in [6.07, 6.45) is 2.39. The summed E-state index contributed by atoms with van der Waals surface area (Å²) < 4.78 is 5.52. The lowest BCUT2D eigenvalue weighted by Crippen LogP contribution is -2.28. The van der Waals surface area contributed by atoms with Crippen molar-refractivity contribution in [1.29, 1.82) is 0 Å². The second kappa shape index (κ2) is 7.04. The molecule has 2 rings (SSSR count). The molecule has 0 radical (unpaired) electrons. The van der Waals surface area contributed by atoms with E-state index in [1.165, 1.54) is 11.0 Å². The van der Waals surface area contributed by atoms with Gasteiger partial charge in [-0.05, 0) is 31.4 Å². The van der Waals surface area contributed by atoms with Crippen molar-refractivity contribution in [3.8, 4) is 0 Å². The lowest BCUT2D eigenvalue weighted by molar-refractivity contribution is 0.0761. The van der Waals surface area contributed by atoms with E-state index in [2.05, 4.69) is 0 Å². The van der Waals surface area contributed by atoms with Crippen LogP contribution in [0.3, 0.4) is 0 Å². The van der Waals surface area contributed by atoms with Gasteiger partial charge in [0.25, 0.3) is 5.91 Å². The maximum atomic E-state index is 12.2. The molecular weight excluding hydrogens is 270 g/mol. The van der Waals surface area contributed by atoms with Gasteiger partial charge in [0.1, 0.15) is 5.58 Å². The van der Waals surface area contributed by atoms with Crippen LogP contribution in [0.25, 0.3) is 11.0 Å². The molecule has 0 saturated heterocycles. The Bertz CT molecular complexity index is 677. The van der Waals surface area contributed by atoms with Crippen LogP contribution in [0.5, 0.6) is 0 Å². The van der Waals surface area contributed by atoms with Crippen molar-refractivity contribution in [2.45, 2.75) is 19.3 Å². The van der Waals surface area contributed by atoms with Gasteiger partial charge in [-0.3, -0.25) is 9.59 Å². The largest absolute Gasteiger partial charge is 0.451 e. The molecule has 0 aliphatic rings. The minimum atomic E-state index is -0.304. The van der Waals surface area contributed by atoms with E-state index in [-0.39, 0.29) is 23.7 Å². The van der Waals surface area contributed by atoms with E-state index >= 15 is 0 Å². The summed E-state index contributed by atoms with van der Waals surface area (Å²) in [7, 11) is 1.68. The van der Waals surface area contributed by atoms with Crippen LogP contribution in [0.15, 0.2) is 39.5 Å². The number of benzene rings is 1. The topological polar surface area (TPSA) is 70.8 Å². The molecule has 0 spiro atoms. The van der Waals surface area contributed by atoms with E-state index in [0.717, 1.165) is 19.3 Å². The third-order valence-corrected chi connectivity index (χ3v) is 3.34. The number of nitrogens with zero attached hydrogens (tertiary/aromatic N) is 1. The SMILES string of the molecule is CN(CCCCCO)C(=O)c1cc(=O)c2ccccc2o1.